The Morgan fingerprint density at radius 2 is 1.69 bits per heavy atom. The average molecular weight is 388 g/mol. The highest BCUT2D eigenvalue weighted by molar-refractivity contribution is 6.05. The Hall–Kier alpha value is -3.67. The van der Waals surface area contributed by atoms with Gasteiger partial charge in [0.2, 0.25) is 5.91 Å². The molecule has 1 heterocycles. The van der Waals surface area contributed by atoms with Gasteiger partial charge in [0.05, 0.1) is 0 Å². The molecule has 29 heavy (non-hydrogen) atoms. The molecular weight excluding hydrogens is 364 g/mol. The first-order chi connectivity index (χ1) is 14.0. The van der Waals surface area contributed by atoms with Crippen molar-refractivity contribution in [2.75, 3.05) is 16.0 Å². The van der Waals surface area contributed by atoms with Gasteiger partial charge in [0.25, 0.3) is 5.91 Å². The van der Waals surface area contributed by atoms with Crippen LogP contribution in [0.2, 0.25) is 0 Å². The Kier molecular flexibility index (Phi) is 6.24. The van der Waals surface area contributed by atoms with Crippen molar-refractivity contribution in [3.8, 4) is 0 Å². The van der Waals surface area contributed by atoms with E-state index in [2.05, 4.69) is 33.9 Å². The summed E-state index contributed by atoms with van der Waals surface area (Å²) in [6.07, 6.45) is 2.50. The Bertz CT molecular complexity index is 1050. The second kappa shape index (κ2) is 9.01. The van der Waals surface area contributed by atoms with Gasteiger partial charge >= 0.3 is 0 Å². The smallest absolute Gasteiger partial charge is 0.255 e. The van der Waals surface area contributed by atoms with E-state index in [4.69, 9.17) is 0 Å². The van der Waals surface area contributed by atoms with Crippen molar-refractivity contribution in [1.82, 2.24) is 4.98 Å². The average Bonchev–Trinajstić information content (AvgIpc) is 2.69. The fourth-order valence-corrected chi connectivity index (χ4v) is 3.05. The van der Waals surface area contributed by atoms with Crippen molar-refractivity contribution in [2.24, 2.45) is 0 Å². The number of anilines is 4. The van der Waals surface area contributed by atoms with Gasteiger partial charge < -0.3 is 16.0 Å². The third kappa shape index (κ3) is 5.19. The van der Waals surface area contributed by atoms with Crippen molar-refractivity contribution >= 4 is 34.7 Å². The molecule has 3 aromatic rings. The number of para-hydroxylation sites is 1. The summed E-state index contributed by atoms with van der Waals surface area (Å²) < 4.78 is 0. The second-order valence-electron chi connectivity index (χ2n) is 6.73. The number of nitrogens with one attached hydrogen (secondary N) is 3. The van der Waals surface area contributed by atoms with Gasteiger partial charge in [-0.05, 0) is 54.8 Å². The minimum Gasteiger partial charge on any atom is -0.340 e. The lowest BCUT2D eigenvalue weighted by Gasteiger charge is -2.14. The van der Waals surface area contributed by atoms with E-state index in [0.717, 1.165) is 17.7 Å². The monoisotopic (exact) mass is 388 g/mol. The molecule has 0 spiro atoms. The number of pyridine rings is 1. The van der Waals surface area contributed by atoms with Crippen LogP contribution in [0.4, 0.5) is 22.9 Å². The molecule has 148 valence electrons. The van der Waals surface area contributed by atoms with Crippen LogP contribution in [-0.2, 0) is 11.2 Å². The number of rotatable bonds is 6. The van der Waals surface area contributed by atoms with Crippen LogP contribution < -0.4 is 16.0 Å². The summed E-state index contributed by atoms with van der Waals surface area (Å²) in [5, 5.41) is 8.89. The van der Waals surface area contributed by atoms with Gasteiger partial charge in [-0.1, -0.05) is 31.2 Å². The van der Waals surface area contributed by atoms with Crippen LogP contribution in [0.3, 0.4) is 0 Å². The molecule has 0 saturated heterocycles. The van der Waals surface area contributed by atoms with E-state index in [9.17, 15) is 9.59 Å². The third-order valence-electron chi connectivity index (χ3n) is 4.46. The molecule has 0 atom stereocenters. The number of hydrogen-bond acceptors (Lipinski definition) is 4. The second-order valence-corrected chi connectivity index (χ2v) is 6.73. The first-order valence-electron chi connectivity index (χ1n) is 9.47. The fourth-order valence-electron chi connectivity index (χ4n) is 3.05. The Labute approximate surface area is 170 Å². The fraction of sp³-hybridized carbons (Fsp3) is 0.174. The van der Waals surface area contributed by atoms with Gasteiger partial charge in [-0.2, -0.15) is 0 Å². The molecule has 3 N–H and O–H groups in total. The topological polar surface area (TPSA) is 83.1 Å². The molecule has 0 fully saturated rings. The number of carbonyl (C=O) groups excluding carboxylic acids is 2. The predicted molar refractivity (Wildman–Crippen MR) is 117 cm³/mol. The van der Waals surface area contributed by atoms with Crippen LogP contribution in [0.15, 0.2) is 60.8 Å². The predicted octanol–water partition coefficient (Wildman–Crippen LogP) is 4.91. The summed E-state index contributed by atoms with van der Waals surface area (Å²) in [5.41, 5.74) is 5.04. The van der Waals surface area contributed by atoms with Gasteiger partial charge in [0.1, 0.15) is 5.82 Å². The van der Waals surface area contributed by atoms with E-state index in [-0.39, 0.29) is 11.8 Å². The normalized spacial score (nSPS) is 10.3. The Morgan fingerprint density at radius 1 is 0.966 bits per heavy atom. The van der Waals surface area contributed by atoms with Crippen LogP contribution in [0.1, 0.15) is 35.3 Å². The molecular formula is C23H24N4O2. The third-order valence-corrected chi connectivity index (χ3v) is 4.46. The zero-order valence-electron chi connectivity index (χ0n) is 16.7. The summed E-state index contributed by atoms with van der Waals surface area (Å²) >= 11 is 0. The van der Waals surface area contributed by atoms with Crippen molar-refractivity contribution in [1.29, 1.82) is 0 Å². The van der Waals surface area contributed by atoms with Gasteiger partial charge in [-0.3, -0.25) is 9.59 Å². The number of amides is 2. The Morgan fingerprint density at radius 3 is 2.41 bits per heavy atom. The molecule has 0 aliphatic rings. The summed E-state index contributed by atoms with van der Waals surface area (Å²) in [6.45, 7) is 5.58. The van der Waals surface area contributed by atoms with E-state index in [1.807, 2.05) is 19.1 Å². The van der Waals surface area contributed by atoms with E-state index in [0.29, 0.717) is 22.8 Å². The van der Waals surface area contributed by atoms with Crippen molar-refractivity contribution in [2.45, 2.75) is 27.2 Å². The summed E-state index contributed by atoms with van der Waals surface area (Å²) in [7, 11) is 0. The molecule has 0 saturated carbocycles. The molecule has 2 aromatic carbocycles. The first-order valence-corrected chi connectivity index (χ1v) is 9.47. The number of nitrogens with zero attached hydrogens (tertiary/aromatic N) is 1. The molecule has 0 bridgehead atoms. The zero-order chi connectivity index (χ0) is 20.8. The van der Waals surface area contributed by atoms with Crippen LogP contribution in [0.25, 0.3) is 0 Å². The maximum Gasteiger partial charge on any atom is 0.255 e. The van der Waals surface area contributed by atoms with Gasteiger partial charge in [-0.25, -0.2) is 4.98 Å². The van der Waals surface area contributed by atoms with Gasteiger partial charge in [0, 0.05) is 35.7 Å². The lowest BCUT2D eigenvalue weighted by Crippen LogP contribution is -2.13. The molecule has 6 nitrogen and oxygen atoms in total. The molecule has 0 aliphatic carbocycles. The van der Waals surface area contributed by atoms with Crippen molar-refractivity contribution in [3.05, 3.63) is 77.5 Å². The van der Waals surface area contributed by atoms with Crippen molar-refractivity contribution < 1.29 is 9.59 Å². The SMILES string of the molecule is CCc1cccc(C)c1Nc1cc(C(=O)Nc2cccc(NC(C)=O)c2)ccn1. The molecule has 0 aliphatic heterocycles. The number of hydrogen-bond donors (Lipinski definition) is 3. The van der Waals surface area contributed by atoms with Gasteiger partial charge in [-0.15, -0.1) is 0 Å². The quantitative estimate of drug-likeness (QED) is 0.560. The van der Waals surface area contributed by atoms with Crippen LogP contribution in [0, 0.1) is 6.92 Å². The van der Waals surface area contributed by atoms with E-state index >= 15 is 0 Å². The molecule has 0 unspecified atom stereocenters. The molecule has 6 heteroatoms. The maximum atomic E-state index is 12.7. The number of aromatic nitrogens is 1. The highest BCUT2D eigenvalue weighted by Crippen LogP contribution is 2.25. The number of benzene rings is 2. The summed E-state index contributed by atoms with van der Waals surface area (Å²) in [6, 6.07) is 16.5. The summed E-state index contributed by atoms with van der Waals surface area (Å²) in [5.74, 6) is 0.186. The van der Waals surface area contributed by atoms with Gasteiger partial charge in [0.15, 0.2) is 0 Å². The van der Waals surface area contributed by atoms with E-state index < -0.39 is 0 Å². The highest BCUT2D eigenvalue weighted by Gasteiger charge is 2.10. The highest BCUT2D eigenvalue weighted by atomic mass is 16.2. The minimum atomic E-state index is -0.254. The molecule has 3 rings (SSSR count). The van der Waals surface area contributed by atoms with Crippen LogP contribution in [-0.4, -0.2) is 16.8 Å². The summed E-state index contributed by atoms with van der Waals surface area (Å²) in [4.78, 5) is 28.2. The standard InChI is InChI=1S/C23H24N4O2/c1-4-17-8-5-7-15(2)22(17)27-21-13-18(11-12-24-21)23(29)26-20-10-6-9-19(14-20)25-16(3)28/h5-14H,4H2,1-3H3,(H,24,27)(H,25,28)(H,26,29). The Balaban J connectivity index is 1.78. The first kappa shape index (κ1) is 20.1. The van der Waals surface area contributed by atoms with Crippen LogP contribution in [0.5, 0.6) is 0 Å². The molecule has 1 aromatic heterocycles. The molecule has 2 amide bonds. The number of carbonyl (C=O) groups is 2. The van der Waals surface area contributed by atoms with Crippen LogP contribution >= 0.6 is 0 Å². The molecule has 0 radical (unpaired) electrons. The number of aryl methyl sites for hydroxylation is 2. The maximum absolute atomic E-state index is 12.7. The van der Waals surface area contributed by atoms with E-state index in [1.165, 1.54) is 12.5 Å². The zero-order valence-corrected chi connectivity index (χ0v) is 16.7. The van der Waals surface area contributed by atoms with E-state index in [1.54, 1.807) is 42.6 Å². The largest absolute Gasteiger partial charge is 0.340 e. The lowest BCUT2D eigenvalue weighted by molar-refractivity contribution is -0.114. The van der Waals surface area contributed by atoms with Crippen molar-refractivity contribution in [3.63, 3.8) is 0 Å². The minimum absolute atomic E-state index is 0.166. The lowest BCUT2D eigenvalue weighted by atomic mass is 10.1.